The van der Waals surface area contributed by atoms with Crippen LogP contribution in [0.25, 0.3) is 0 Å². The van der Waals surface area contributed by atoms with Crippen LogP contribution in [0.2, 0.25) is 0 Å². The highest BCUT2D eigenvalue weighted by Gasteiger charge is 2.44. The Bertz CT molecular complexity index is 666. The van der Waals surface area contributed by atoms with Gasteiger partial charge in [-0.1, -0.05) is 180 Å². The van der Waals surface area contributed by atoms with Crippen molar-refractivity contribution >= 4 is 85.5 Å². The summed E-state index contributed by atoms with van der Waals surface area (Å²) in [4.78, 5) is 1.98. The molecule has 0 aromatic rings. The average molecular weight is 823 g/mol. The molecule has 0 bridgehead atoms. The SMILES string of the molecule is CCCCCCCC(Br)C(C(Br)C(C)[SH]1C=CC=C1)C(C(Br)CCCCCCC)C(Br)C(C)[SH]1C=CC=C1. The molecule has 2 rings (SSSR count). The first kappa shape index (κ1) is 35.8. The second-order valence-electron chi connectivity index (χ2n) is 11.2. The van der Waals surface area contributed by atoms with Crippen LogP contribution in [0.1, 0.15) is 105 Å². The smallest absolute Gasteiger partial charge is 0.0293 e. The van der Waals surface area contributed by atoms with E-state index in [1.54, 1.807) is 0 Å². The molecule has 8 unspecified atom stereocenters. The van der Waals surface area contributed by atoms with Crippen LogP contribution in [0.4, 0.5) is 0 Å². The Labute approximate surface area is 275 Å². The van der Waals surface area contributed by atoms with Crippen LogP contribution in [0.15, 0.2) is 45.9 Å². The fourth-order valence-electron chi connectivity index (χ4n) is 5.79. The zero-order valence-corrected chi connectivity index (χ0v) is 32.3. The Balaban J connectivity index is 2.30. The van der Waals surface area contributed by atoms with E-state index in [0.717, 1.165) is 0 Å². The molecular weight excluding hydrogens is 768 g/mol. The van der Waals surface area contributed by atoms with Gasteiger partial charge in [0.1, 0.15) is 0 Å². The van der Waals surface area contributed by atoms with Crippen molar-refractivity contribution in [3.63, 3.8) is 0 Å². The molecule has 0 fully saturated rings. The summed E-state index contributed by atoms with van der Waals surface area (Å²) in [6, 6.07) is 0. The average Bonchev–Trinajstić information content (AvgIpc) is 3.64. The molecule has 0 aromatic carbocycles. The third-order valence-corrected chi connectivity index (χ3v) is 18.6. The van der Waals surface area contributed by atoms with Gasteiger partial charge in [0.2, 0.25) is 0 Å². The molecule has 0 saturated heterocycles. The van der Waals surface area contributed by atoms with Crippen LogP contribution in [0.5, 0.6) is 0 Å². The van der Waals surface area contributed by atoms with Gasteiger partial charge in [-0.2, -0.15) is 0 Å². The number of alkyl halides is 4. The summed E-state index contributed by atoms with van der Waals surface area (Å²) in [5, 5.41) is 11.1. The molecule has 8 atom stereocenters. The summed E-state index contributed by atoms with van der Waals surface area (Å²) in [5.41, 5.74) is 0. The highest BCUT2D eigenvalue weighted by atomic mass is 79.9. The maximum Gasteiger partial charge on any atom is 0.0293 e. The third-order valence-electron chi connectivity index (χ3n) is 8.30. The number of hydrogen-bond donors (Lipinski definition) is 2. The Morgan fingerprint density at radius 2 is 0.816 bits per heavy atom. The molecule has 2 heterocycles. The van der Waals surface area contributed by atoms with Crippen molar-refractivity contribution in [2.75, 3.05) is 0 Å². The molecular formula is C32H54Br4S2. The van der Waals surface area contributed by atoms with Crippen LogP contribution in [0.3, 0.4) is 0 Å². The molecule has 0 radical (unpaired) electrons. The van der Waals surface area contributed by atoms with Crippen molar-refractivity contribution < 1.29 is 0 Å². The van der Waals surface area contributed by atoms with Gasteiger partial charge in [0, 0.05) is 29.8 Å². The first-order valence-electron chi connectivity index (χ1n) is 15.1. The second-order valence-corrected chi connectivity index (χ2v) is 20.3. The lowest BCUT2D eigenvalue weighted by Crippen LogP contribution is -2.46. The minimum absolute atomic E-state index is 0.207. The summed E-state index contributed by atoms with van der Waals surface area (Å²) in [6.07, 6.45) is 25.0. The van der Waals surface area contributed by atoms with Gasteiger partial charge in [0.25, 0.3) is 0 Å². The molecule has 0 aromatic heterocycles. The second kappa shape index (κ2) is 20.5. The topological polar surface area (TPSA) is 0 Å². The summed E-state index contributed by atoms with van der Waals surface area (Å²) in [7, 11) is -0.414. The predicted octanol–water partition coefficient (Wildman–Crippen LogP) is 12.9. The van der Waals surface area contributed by atoms with E-state index in [9.17, 15) is 0 Å². The molecule has 2 aliphatic heterocycles. The van der Waals surface area contributed by atoms with Crippen LogP contribution in [0, 0.1) is 11.8 Å². The highest BCUT2D eigenvalue weighted by molar-refractivity contribution is 9.10. The standard InChI is InChI=1S/C32H54Br4S2/c1-5-7-9-11-13-19-27(33)29(31(35)25(3)37-21-15-16-22-37)30(28(34)20-14-12-10-8-6-2)32(36)26(4)38-23-17-18-24-38/h15-18,21-32,37-38H,5-14,19-20H2,1-4H3. The van der Waals surface area contributed by atoms with E-state index >= 15 is 0 Å². The molecule has 0 N–H and O–H groups in total. The molecule has 2 aliphatic rings. The van der Waals surface area contributed by atoms with Gasteiger partial charge < -0.3 is 0 Å². The van der Waals surface area contributed by atoms with Crippen LogP contribution in [-0.2, 0) is 0 Å². The number of thiol groups is 2. The third kappa shape index (κ3) is 11.7. The Morgan fingerprint density at radius 3 is 1.13 bits per heavy atom. The van der Waals surface area contributed by atoms with Crippen LogP contribution >= 0.6 is 85.5 Å². The van der Waals surface area contributed by atoms with Crippen molar-refractivity contribution in [3.05, 3.63) is 45.9 Å². The van der Waals surface area contributed by atoms with Crippen molar-refractivity contribution in [1.29, 1.82) is 0 Å². The lowest BCUT2D eigenvalue weighted by atomic mass is 9.78. The van der Waals surface area contributed by atoms with Crippen molar-refractivity contribution in [2.24, 2.45) is 11.8 Å². The fraction of sp³-hybridized carbons (Fsp3) is 0.750. The van der Waals surface area contributed by atoms with E-state index < -0.39 is 0 Å². The van der Waals surface area contributed by atoms with E-state index in [-0.39, 0.29) is 21.8 Å². The molecule has 0 spiro atoms. The maximum atomic E-state index is 4.38. The van der Waals surface area contributed by atoms with E-state index in [1.165, 1.54) is 77.0 Å². The summed E-state index contributed by atoms with van der Waals surface area (Å²) in [5.74, 6) is 1.11. The van der Waals surface area contributed by atoms with Gasteiger partial charge in [-0.25, -0.2) is 21.8 Å². The first-order chi connectivity index (χ1) is 18.3. The van der Waals surface area contributed by atoms with Crippen LogP contribution in [-0.4, -0.2) is 29.8 Å². The molecule has 0 nitrogen and oxygen atoms in total. The maximum absolute atomic E-state index is 4.38. The number of unbranched alkanes of at least 4 members (excludes halogenated alkanes) is 8. The summed E-state index contributed by atoms with van der Waals surface area (Å²) >= 11 is 17.4. The van der Waals surface area contributed by atoms with Crippen molar-refractivity contribution in [2.45, 2.75) is 135 Å². The molecule has 0 amide bonds. The highest BCUT2D eigenvalue weighted by Crippen LogP contribution is 2.52. The molecule has 0 aliphatic carbocycles. The van der Waals surface area contributed by atoms with E-state index in [0.29, 0.717) is 41.6 Å². The molecule has 38 heavy (non-hydrogen) atoms. The molecule has 222 valence electrons. The lowest BCUT2D eigenvalue weighted by Gasteiger charge is -2.45. The van der Waals surface area contributed by atoms with Gasteiger partial charge in [-0.15, -0.1) is 0 Å². The normalized spacial score (nSPS) is 22.9. The number of halogens is 4. The van der Waals surface area contributed by atoms with E-state index in [2.05, 4.69) is 137 Å². The number of hydrogen-bond acceptors (Lipinski definition) is 0. The summed E-state index contributed by atoms with van der Waals surface area (Å²) in [6.45, 7) is 9.60. The Hall–Kier alpha value is 1.58. The van der Waals surface area contributed by atoms with Gasteiger partial charge >= 0.3 is 0 Å². The fourth-order valence-corrected chi connectivity index (χ4v) is 15.2. The zero-order valence-electron chi connectivity index (χ0n) is 24.1. The summed E-state index contributed by atoms with van der Waals surface area (Å²) < 4.78 is 0. The van der Waals surface area contributed by atoms with Crippen LogP contribution < -0.4 is 0 Å². The zero-order chi connectivity index (χ0) is 27.9. The number of allylic oxidation sites excluding steroid dienone is 4. The molecule has 6 heteroatoms. The van der Waals surface area contributed by atoms with Gasteiger partial charge in [0.05, 0.1) is 0 Å². The quantitative estimate of drug-likeness (QED) is 0.0643. The minimum atomic E-state index is -0.207. The van der Waals surface area contributed by atoms with Gasteiger partial charge in [0.15, 0.2) is 0 Å². The van der Waals surface area contributed by atoms with E-state index in [4.69, 9.17) is 0 Å². The largest absolute Gasteiger partial charge is 0.210 e. The Kier molecular flexibility index (Phi) is 19.3. The Morgan fingerprint density at radius 1 is 0.500 bits per heavy atom. The number of rotatable bonds is 21. The monoisotopic (exact) mass is 818 g/mol. The van der Waals surface area contributed by atoms with Crippen molar-refractivity contribution in [3.8, 4) is 0 Å². The first-order valence-corrected chi connectivity index (χ1v) is 21.9. The predicted molar refractivity (Wildman–Crippen MR) is 198 cm³/mol. The van der Waals surface area contributed by atoms with Gasteiger partial charge in [-0.05, 0) is 46.3 Å². The van der Waals surface area contributed by atoms with Gasteiger partial charge in [-0.3, -0.25) is 0 Å². The van der Waals surface area contributed by atoms with Crippen molar-refractivity contribution in [1.82, 2.24) is 0 Å². The minimum Gasteiger partial charge on any atom is -0.210 e. The molecule has 0 saturated carbocycles. The van der Waals surface area contributed by atoms with E-state index in [1.807, 2.05) is 0 Å². The lowest BCUT2D eigenvalue weighted by molar-refractivity contribution is 0.287.